The molecule has 0 aliphatic rings. The summed E-state index contributed by atoms with van der Waals surface area (Å²) in [6.07, 6.45) is 8.25. The van der Waals surface area contributed by atoms with Crippen LogP contribution < -0.4 is 0 Å². The lowest BCUT2D eigenvalue weighted by atomic mass is 10.0. The van der Waals surface area contributed by atoms with Crippen molar-refractivity contribution in [1.29, 1.82) is 0 Å². The van der Waals surface area contributed by atoms with Crippen LogP contribution in [-0.2, 0) is 37.9 Å². The summed E-state index contributed by atoms with van der Waals surface area (Å²) in [6.45, 7) is 16.0. The molecule has 1 rings (SSSR count). The minimum absolute atomic E-state index is 0.0861. The van der Waals surface area contributed by atoms with Gasteiger partial charge >= 0.3 is 11.9 Å². The van der Waals surface area contributed by atoms with Crippen LogP contribution >= 0.6 is 0 Å². The number of carbonyl (C=O) groups is 2. The zero-order valence-electron chi connectivity index (χ0n) is 29.4. The van der Waals surface area contributed by atoms with Gasteiger partial charge in [0.05, 0.1) is 50.8 Å². The molecule has 0 heterocycles. The van der Waals surface area contributed by atoms with E-state index in [1.54, 1.807) is 0 Å². The molecule has 46 heavy (non-hydrogen) atoms. The third-order valence-corrected chi connectivity index (χ3v) is 7.61. The highest BCUT2D eigenvalue weighted by Crippen LogP contribution is 2.15. The maximum Gasteiger partial charge on any atom is 0.338 e. The Morgan fingerprint density at radius 2 is 0.935 bits per heavy atom. The van der Waals surface area contributed by atoms with Crippen LogP contribution in [0.2, 0.25) is 0 Å². The minimum atomic E-state index is -0.502. The minimum Gasteiger partial charge on any atom is -0.460 e. The van der Waals surface area contributed by atoms with Crippen molar-refractivity contribution in [1.82, 2.24) is 0 Å². The van der Waals surface area contributed by atoms with E-state index < -0.39 is 24.5 Å². The van der Waals surface area contributed by atoms with E-state index in [0.29, 0.717) is 49.4 Å². The average Bonchev–Trinajstić information content (AvgIpc) is 3.07. The van der Waals surface area contributed by atoms with Crippen LogP contribution in [-0.4, -0.2) is 90.6 Å². The molecule has 0 bridgehead atoms. The number of hydrogen-bond donors (Lipinski definition) is 0. The molecule has 0 N–H and O–H groups in total. The maximum atomic E-state index is 12.4. The molecule has 4 atom stereocenters. The van der Waals surface area contributed by atoms with Gasteiger partial charge in [0.25, 0.3) is 0 Å². The molecule has 0 radical (unpaired) electrons. The molecule has 1 aromatic carbocycles. The van der Waals surface area contributed by atoms with Crippen LogP contribution in [0.25, 0.3) is 0 Å². The van der Waals surface area contributed by atoms with E-state index in [4.69, 9.17) is 37.9 Å². The number of benzene rings is 1. The standard InChI is InChI=1S/C36H62O10/c1-7-13-15-29(9-3)25-45-33(41-11-5)27-39-21-23-43-35(37)31-17-19-32(20-18-31)36(38)44-24-22-40-28-34(42-12-6)46-26-30(10-4)16-14-8-2/h17-20,29-30,33-34H,7-16,21-28H2,1-6H3. The molecular formula is C36H62O10. The topological polar surface area (TPSA) is 108 Å². The molecule has 1 aromatic rings. The lowest BCUT2D eigenvalue weighted by molar-refractivity contribution is -0.177. The molecule has 0 fully saturated rings. The van der Waals surface area contributed by atoms with Crippen LogP contribution in [0.5, 0.6) is 0 Å². The van der Waals surface area contributed by atoms with Crippen LogP contribution in [0.4, 0.5) is 0 Å². The molecule has 0 saturated carbocycles. The average molecular weight is 655 g/mol. The van der Waals surface area contributed by atoms with Crippen molar-refractivity contribution in [2.24, 2.45) is 11.8 Å². The van der Waals surface area contributed by atoms with Gasteiger partial charge < -0.3 is 37.9 Å². The summed E-state index contributed by atoms with van der Waals surface area (Å²) in [6, 6.07) is 6.14. The highest BCUT2D eigenvalue weighted by Gasteiger charge is 2.16. The number of esters is 2. The Kier molecular flexibility index (Phi) is 25.5. The molecule has 0 aliphatic carbocycles. The Hall–Kier alpha value is -2.08. The van der Waals surface area contributed by atoms with Gasteiger partial charge in [-0.2, -0.15) is 0 Å². The quantitative estimate of drug-likeness (QED) is 0.0479. The third kappa shape index (κ3) is 19.6. The number of rotatable bonds is 30. The zero-order valence-corrected chi connectivity index (χ0v) is 29.4. The van der Waals surface area contributed by atoms with E-state index in [0.717, 1.165) is 25.7 Å². The van der Waals surface area contributed by atoms with E-state index in [1.807, 2.05) is 13.8 Å². The van der Waals surface area contributed by atoms with E-state index in [2.05, 4.69) is 27.7 Å². The summed E-state index contributed by atoms with van der Waals surface area (Å²) in [4.78, 5) is 24.9. The monoisotopic (exact) mass is 654 g/mol. The first-order valence-corrected chi connectivity index (χ1v) is 17.5. The second-order valence-corrected chi connectivity index (χ2v) is 11.3. The first-order chi connectivity index (χ1) is 22.4. The van der Waals surface area contributed by atoms with Gasteiger partial charge in [0.1, 0.15) is 13.2 Å². The Bertz CT molecular complexity index is 807. The lowest BCUT2D eigenvalue weighted by Crippen LogP contribution is -2.27. The highest BCUT2D eigenvalue weighted by molar-refractivity contribution is 5.93. The molecule has 0 saturated heterocycles. The van der Waals surface area contributed by atoms with Gasteiger partial charge in [-0.15, -0.1) is 0 Å². The van der Waals surface area contributed by atoms with Crippen molar-refractivity contribution in [2.45, 2.75) is 105 Å². The predicted molar refractivity (Wildman–Crippen MR) is 178 cm³/mol. The van der Waals surface area contributed by atoms with Gasteiger partial charge in [-0.05, 0) is 62.8 Å². The van der Waals surface area contributed by atoms with Gasteiger partial charge in [0.2, 0.25) is 0 Å². The van der Waals surface area contributed by atoms with Crippen LogP contribution in [0, 0.1) is 11.8 Å². The molecule has 10 heteroatoms. The van der Waals surface area contributed by atoms with E-state index in [9.17, 15) is 9.59 Å². The van der Waals surface area contributed by atoms with E-state index >= 15 is 0 Å². The smallest absolute Gasteiger partial charge is 0.338 e. The summed E-state index contributed by atoms with van der Waals surface area (Å²) in [7, 11) is 0. The zero-order chi connectivity index (χ0) is 33.8. The van der Waals surface area contributed by atoms with Gasteiger partial charge in [0, 0.05) is 13.2 Å². The van der Waals surface area contributed by atoms with Crippen molar-refractivity contribution < 1.29 is 47.5 Å². The van der Waals surface area contributed by atoms with Crippen molar-refractivity contribution in [2.75, 3.05) is 66.1 Å². The second-order valence-electron chi connectivity index (χ2n) is 11.3. The normalized spacial score (nSPS) is 14.0. The summed E-state index contributed by atoms with van der Waals surface area (Å²) in [5.41, 5.74) is 0.658. The SMILES string of the molecule is CCCCC(CC)COC(COCCOC(=O)c1ccc(C(=O)OCCOCC(OCC)OCC(CC)CCCC)cc1)OCC. The Balaban J connectivity index is 2.32. The molecule has 0 amide bonds. The van der Waals surface area contributed by atoms with Crippen molar-refractivity contribution in [3.05, 3.63) is 35.4 Å². The van der Waals surface area contributed by atoms with Gasteiger partial charge in [-0.1, -0.05) is 66.2 Å². The van der Waals surface area contributed by atoms with Gasteiger partial charge in [-0.25, -0.2) is 9.59 Å². The maximum absolute atomic E-state index is 12.4. The number of hydrogen-bond acceptors (Lipinski definition) is 10. The fraction of sp³-hybridized carbons (Fsp3) is 0.778. The molecule has 0 aromatic heterocycles. The first-order valence-electron chi connectivity index (χ1n) is 17.5. The van der Waals surface area contributed by atoms with Crippen molar-refractivity contribution >= 4 is 11.9 Å². The molecule has 4 unspecified atom stereocenters. The summed E-state index contributed by atoms with van der Waals surface area (Å²) in [5.74, 6) is 0.0131. The third-order valence-electron chi connectivity index (χ3n) is 7.61. The highest BCUT2D eigenvalue weighted by atomic mass is 16.7. The molecule has 10 nitrogen and oxygen atoms in total. The molecule has 0 aliphatic heterocycles. The van der Waals surface area contributed by atoms with Crippen molar-refractivity contribution in [3.63, 3.8) is 0 Å². The largest absolute Gasteiger partial charge is 0.460 e. The second kappa shape index (κ2) is 28.0. The van der Waals surface area contributed by atoms with E-state index in [1.165, 1.54) is 49.9 Å². The number of unbranched alkanes of at least 4 members (excludes halogenated alkanes) is 2. The summed E-state index contributed by atoms with van der Waals surface area (Å²) < 4.78 is 45.1. The van der Waals surface area contributed by atoms with Crippen LogP contribution in [0.1, 0.15) is 114 Å². The summed E-state index contributed by atoms with van der Waals surface area (Å²) in [5, 5.41) is 0. The van der Waals surface area contributed by atoms with Crippen LogP contribution in [0.3, 0.4) is 0 Å². The fourth-order valence-corrected chi connectivity index (χ4v) is 4.60. The van der Waals surface area contributed by atoms with Gasteiger partial charge in [-0.3, -0.25) is 0 Å². The lowest BCUT2D eigenvalue weighted by Gasteiger charge is -2.21. The van der Waals surface area contributed by atoms with Gasteiger partial charge in [0.15, 0.2) is 12.6 Å². The molecule has 0 spiro atoms. The van der Waals surface area contributed by atoms with Crippen molar-refractivity contribution in [3.8, 4) is 0 Å². The predicted octanol–water partition coefficient (Wildman–Crippen LogP) is 7.22. The Morgan fingerprint density at radius 3 is 1.26 bits per heavy atom. The van der Waals surface area contributed by atoms with E-state index in [-0.39, 0.29) is 39.6 Å². The number of carbonyl (C=O) groups excluding carboxylic acids is 2. The first kappa shape index (κ1) is 41.9. The Morgan fingerprint density at radius 1 is 0.543 bits per heavy atom. The Labute approximate surface area is 278 Å². The molecular weight excluding hydrogens is 592 g/mol. The molecule has 266 valence electrons. The van der Waals surface area contributed by atoms with Crippen LogP contribution in [0.15, 0.2) is 24.3 Å². The fourth-order valence-electron chi connectivity index (χ4n) is 4.60. The summed E-state index contributed by atoms with van der Waals surface area (Å²) >= 11 is 0. The number of ether oxygens (including phenoxy) is 8.